The molecule has 19 heteroatoms. The summed E-state index contributed by atoms with van der Waals surface area (Å²) in [6.45, 7) is 14.7. The maximum absolute atomic E-state index is 13.7. The molecule has 2 atom stereocenters. The molecule has 6 heterocycles. The van der Waals surface area contributed by atoms with E-state index >= 15 is 0 Å². The van der Waals surface area contributed by atoms with Crippen molar-refractivity contribution in [3.8, 4) is 17.2 Å². The molecule has 0 bridgehead atoms. The number of aldehydes is 1. The Morgan fingerprint density at radius 2 is 1.41 bits per heavy atom. The Morgan fingerprint density at radius 1 is 0.817 bits per heavy atom. The van der Waals surface area contributed by atoms with E-state index in [1.165, 1.54) is 23.4 Å². The molecule has 3 saturated heterocycles. The van der Waals surface area contributed by atoms with Gasteiger partial charge in [0, 0.05) is 106 Å². The van der Waals surface area contributed by atoms with Crippen LogP contribution in [0.2, 0.25) is 0 Å². The number of hydrogen-bond acceptors (Lipinski definition) is 14. The van der Waals surface area contributed by atoms with E-state index < -0.39 is 0 Å². The van der Waals surface area contributed by atoms with Gasteiger partial charge in [0.15, 0.2) is 6.29 Å². The molecule has 5 amide bonds. The first-order valence-electron chi connectivity index (χ1n) is 24.2. The van der Waals surface area contributed by atoms with Gasteiger partial charge in [-0.05, 0) is 59.6 Å². The lowest BCUT2D eigenvalue weighted by Gasteiger charge is -2.35. The SMILES string of the molecule is CC=C1C[C@H]2C=Nc3cc(OCc4cc(OCCN5CCN(C(=O)NCC(C)(C)SCC(=O)NCC)CC5)cc(COc5cc6c(cc5CO)C(=O)N5CC(=CC)C[C@H]5C=N6)n4)c(C=O)cc3C(=O)N2C1. The molecule has 71 heavy (non-hydrogen) atoms. The van der Waals surface area contributed by atoms with E-state index in [2.05, 4.69) is 25.5 Å². The molecule has 0 saturated carbocycles. The van der Waals surface area contributed by atoms with Crippen molar-refractivity contribution in [1.82, 2.24) is 35.2 Å². The lowest BCUT2D eigenvalue weighted by molar-refractivity contribution is -0.118. The minimum atomic E-state index is -0.374. The molecule has 3 fully saturated rings. The van der Waals surface area contributed by atoms with E-state index in [1.54, 1.807) is 57.5 Å². The highest BCUT2D eigenvalue weighted by molar-refractivity contribution is 8.01. The van der Waals surface area contributed by atoms with Crippen molar-refractivity contribution in [2.75, 3.05) is 71.3 Å². The highest BCUT2D eigenvalue weighted by Crippen LogP contribution is 2.37. The van der Waals surface area contributed by atoms with Crippen LogP contribution >= 0.6 is 11.8 Å². The Bertz CT molecular complexity index is 2660. The van der Waals surface area contributed by atoms with Crippen LogP contribution in [0.15, 0.2) is 69.7 Å². The topological polar surface area (TPSA) is 208 Å². The van der Waals surface area contributed by atoms with E-state index in [0.717, 1.165) is 12.0 Å². The second kappa shape index (κ2) is 22.7. The average molecular weight is 990 g/mol. The molecule has 376 valence electrons. The predicted molar refractivity (Wildman–Crippen MR) is 272 cm³/mol. The van der Waals surface area contributed by atoms with Crippen LogP contribution in [-0.4, -0.2) is 160 Å². The smallest absolute Gasteiger partial charge is 0.317 e. The molecule has 5 aliphatic rings. The maximum Gasteiger partial charge on any atom is 0.317 e. The van der Waals surface area contributed by atoms with Gasteiger partial charge in [0.05, 0.1) is 63.9 Å². The molecule has 0 radical (unpaired) electrons. The minimum Gasteiger partial charge on any atom is -0.492 e. The van der Waals surface area contributed by atoms with Crippen LogP contribution in [0.25, 0.3) is 0 Å². The first-order valence-corrected chi connectivity index (χ1v) is 25.2. The number of aromatic nitrogens is 1. The minimum absolute atomic E-state index is 0.0236. The van der Waals surface area contributed by atoms with Crippen LogP contribution < -0.4 is 24.8 Å². The Morgan fingerprint density at radius 3 is 1.99 bits per heavy atom. The van der Waals surface area contributed by atoms with E-state index in [4.69, 9.17) is 19.2 Å². The summed E-state index contributed by atoms with van der Waals surface area (Å²) in [6, 6.07) is 9.53. The van der Waals surface area contributed by atoms with Gasteiger partial charge in [-0.15, -0.1) is 11.8 Å². The third-order valence-corrected chi connectivity index (χ3v) is 14.6. The first-order chi connectivity index (χ1) is 34.3. The molecular formula is C52H63N9O9S. The third kappa shape index (κ3) is 12.1. The number of carbonyl (C=O) groups is 5. The summed E-state index contributed by atoms with van der Waals surface area (Å²) in [4.78, 5) is 86.7. The number of aliphatic hydroxyl groups is 1. The number of carbonyl (C=O) groups excluding carboxylic acids is 5. The number of hydrogen-bond donors (Lipinski definition) is 3. The first kappa shape index (κ1) is 50.8. The van der Waals surface area contributed by atoms with Crippen molar-refractivity contribution in [2.45, 2.75) is 84.1 Å². The van der Waals surface area contributed by atoms with Crippen LogP contribution in [0.3, 0.4) is 0 Å². The Kier molecular flexibility index (Phi) is 16.2. The standard InChI is InChI=1S/C52H63N9O9S/c1-6-33-15-39-23-54-44-21-46(35(27-62)17-42(44)49(65)60(39)25-33)69-29-37-19-41(68-14-13-58-9-11-59(12-10-58)51(67)56-32-52(4,5)71-31-48(64)53-8-3)20-38(57-37)30-70-47-22-45-43(18-36(47)28-63)50(66)61-26-34(7-2)16-40(61)24-55-45/h6-7,17-24,27,39-40,63H,8-16,25-26,28-32H2,1-5H3,(H,53,64)(H,56,67)/t39-,40-/m0/s1. The van der Waals surface area contributed by atoms with Crippen molar-refractivity contribution in [3.05, 3.63) is 93.3 Å². The van der Waals surface area contributed by atoms with Gasteiger partial charge >= 0.3 is 6.03 Å². The Balaban J connectivity index is 0.947. The van der Waals surface area contributed by atoms with Crippen molar-refractivity contribution < 1.29 is 43.3 Å². The fourth-order valence-electron chi connectivity index (χ4n) is 9.14. The maximum atomic E-state index is 13.7. The number of nitrogens with zero attached hydrogens (tertiary/aromatic N) is 7. The fraction of sp³-hybridized carbons (Fsp3) is 0.462. The normalized spacial score (nSPS) is 19.8. The largest absolute Gasteiger partial charge is 0.492 e. The number of aliphatic hydroxyl groups excluding tert-OH is 1. The van der Waals surface area contributed by atoms with Crippen LogP contribution in [0, 0.1) is 0 Å². The van der Waals surface area contributed by atoms with Crippen molar-refractivity contribution in [2.24, 2.45) is 9.98 Å². The molecule has 5 aliphatic heterocycles. The van der Waals surface area contributed by atoms with Gasteiger partial charge in [0.1, 0.15) is 37.1 Å². The van der Waals surface area contributed by atoms with Crippen LogP contribution in [0.4, 0.5) is 16.2 Å². The quantitative estimate of drug-likeness (QED) is 0.104. The number of fused-ring (bicyclic) bond motifs is 4. The molecule has 0 unspecified atom stereocenters. The number of aliphatic imine (C=N–C) groups is 2. The predicted octanol–water partition coefficient (Wildman–Crippen LogP) is 5.65. The summed E-state index contributed by atoms with van der Waals surface area (Å²) >= 11 is 1.51. The summed E-state index contributed by atoms with van der Waals surface area (Å²) in [6.07, 6.45) is 9.71. The second-order valence-electron chi connectivity index (χ2n) is 18.7. The number of amides is 5. The molecule has 18 nitrogen and oxygen atoms in total. The summed E-state index contributed by atoms with van der Waals surface area (Å²) in [5.41, 5.74) is 5.49. The monoisotopic (exact) mass is 989 g/mol. The van der Waals surface area contributed by atoms with E-state index in [1.807, 2.05) is 46.8 Å². The van der Waals surface area contributed by atoms with Gasteiger partial charge in [-0.2, -0.15) is 0 Å². The zero-order chi connectivity index (χ0) is 50.2. The Hall–Kier alpha value is -6.57. The molecule has 1 aromatic heterocycles. The molecular weight excluding hydrogens is 927 g/mol. The number of nitrogens with one attached hydrogen (secondary N) is 2. The van der Waals surface area contributed by atoms with Crippen LogP contribution in [0.5, 0.6) is 17.2 Å². The number of benzene rings is 2. The summed E-state index contributed by atoms with van der Waals surface area (Å²) in [5, 5.41) is 16.3. The highest BCUT2D eigenvalue weighted by atomic mass is 32.2. The number of ether oxygens (including phenoxy) is 3. The number of rotatable bonds is 18. The molecule has 2 aromatic carbocycles. The average Bonchev–Trinajstić information content (AvgIpc) is 3.95. The summed E-state index contributed by atoms with van der Waals surface area (Å²) in [5.74, 6) is 1.05. The number of pyridine rings is 1. The molecule has 3 N–H and O–H groups in total. The second-order valence-corrected chi connectivity index (χ2v) is 20.4. The highest BCUT2D eigenvalue weighted by Gasteiger charge is 2.36. The molecule has 0 spiro atoms. The number of allylic oxidation sites excluding steroid dienone is 2. The zero-order valence-electron chi connectivity index (χ0n) is 41.1. The number of piperazine rings is 1. The third-order valence-electron chi connectivity index (χ3n) is 13.3. The van der Waals surface area contributed by atoms with Crippen molar-refractivity contribution in [3.63, 3.8) is 0 Å². The van der Waals surface area contributed by atoms with E-state index in [-0.39, 0.29) is 71.7 Å². The summed E-state index contributed by atoms with van der Waals surface area (Å²) < 4.78 is 18.6. The molecule has 3 aromatic rings. The lowest BCUT2D eigenvalue weighted by Crippen LogP contribution is -2.53. The zero-order valence-corrected chi connectivity index (χ0v) is 41.9. The van der Waals surface area contributed by atoms with Gasteiger partial charge in [-0.3, -0.25) is 39.0 Å². The number of urea groups is 1. The van der Waals surface area contributed by atoms with E-state index in [9.17, 15) is 29.1 Å². The van der Waals surface area contributed by atoms with Crippen molar-refractivity contribution in [1.29, 1.82) is 0 Å². The van der Waals surface area contributed by atoms with Gasteiger partial charge in [0.2, 0.25) is 5.91 Å². The van der Waals surface area contributed by atoms with Crippen molar-refractivity contribution >= 4 is 65.6 Å². The van der Waals surface area contributed by atoms with Gasteiger partial charge < -0.3 is 44.7 Å². The van der Waals surface area contributed by atoms with E-state index in [0.29, 0.717) is 135 Å². The van der Waals surface area contributed by atoms with Gasteiger partial charge in [0.25, 0.3) is 11.8 Å². The fourth-order valence-corrected chi connectivity index (χ4v) is 9.94. The lowest BCUT2D eigenvalue weighted by atomic mass is 10.1. The number of thioether (sulfide) groups is 1. The van der Waals surface area contributed by atoms with Crippen LogP contribution in [-0.2, 0) is 24.6 Å². The van der Waals surface area contributed by atoms with Gasteiger partial charge in [-0.1, -0.05) is 23.3 Å². The Labute approximate surface area is 418 Å². The molecule has 0 aliphatic carbocycles. The molecule has 8 rings (SSSR count). The van der Waals surface area contributed by atoms with Crippen LogP contribution in [0.1, 0.15) is 95.5 Å². The van der Waals surface area contributed by atoms with Gasteiger partial charge in [-0.25, -0.2) is 4.79 Å². The summed E-state index contributed by atoms with van der Waals surface area (Å²) in [7, 11) is 0.